The molecule has 1 unspecified atom stereocenters. The van der Waals surface area contributed by atoms with Crippen LogP contribution in [0.2, 0.25) is 0 Å². The van der Waals surface area contributed by atoms with Gasteiger partial charge in [-0.25, -0.2) is 0 Å². The van der Waals surface area contributed by atoms with Gasteiger partial charge in [-0.05, 0) is 17.9 Å². The minimum atomic E-state index is 0.216. The summed E-state index contributed by atoms with van der Waals surface area (Å²) in [6.07, 6.45) is 5.02. The van der Waals surface area contributed by atoms with Crippen LogP contribution in [0, 0.1) is 5.92 Å². The maximum atomic E-state index is 11.6. The van der Waals surface area contributed by atoms with Crippen molar-refractivity contribution < 1.29 is 4.79 Å². The summed E-state index contributed by atoms with van der Waals surface area (Å²) >= 11 is 0. The number of amides is 1. The van der Waals surface area contributed by atoms with Gasteiger partial charge in [0.1, 0.15) is 0 Å². The maximum absolute atomic E-state index is 11.6. The van der Waals surface area contributed by atoms with Crippen molar-refractivity contribution in [1.82, 2.24) is 4.90 Å². The molecule has 2 nitrogen and oxygen atoms in total. The van der Waals surface area contributed by atoms with Crippen LogP contribution in [-0.4, -0.2) is 24.4 Å². The second kappa shape index (κ2) is 2.47. The fourth-order valence-corrected chi connectivity index (χ4v) is 2.02. The first-order valence-corrected chi connectivity index (χ1v) is 4.35. The van der Waals surface area contributed by atoms with Gasteiger partial charge >= 0.3 is 0 Å². The van der Waals surface area contributed by atoms with E-state index in [-0.39, 0.29) is 5.91 Å². The highest BCUT2D eigenvalue weighted by Gasteiger charge is 2.29. The Kier molecular flexibility index (Phi) is 1.56. The van der Waals surface area contributed by atoms with Crippen LogP contribution in [0.15, 0.2) is 23.3 Å². The Bertz CT molecular complexity index is 288. The summed E-state index contributed by atoms with van der Waals surface area (Å²) < 4.78 is 0. The summed E-state index contributed by atoms with van der Waals surface area (Å²) in [7, 11) is 1.88. The molecule has 0 fully saturated rings. The number of hydrogen-bond acceptors (Lipinski definition) is 1. The fourth-order valence-electron chi connectivity index (χ4n) is 2.02. The van der Waals surface area contributed by atoms with E-state index in [1.165, 1.54) is 5.57 Å². The summed E-state index contributed by atoms with van der Waals surface area (Å²) in [5.41, 5.74) is 2.27. The van der Waals surface area contributed by atoms with Gasteiger partial charge in [0.2, 0.25) is 5.91 Å². The molecule has 0 aromatic heterocycles. The number of carbonyl (C=O) groups is 1. The molecule has 12 heavy (non-hydrogen) atoms. The molecule has 1 atom stereocenters. The zero-order valence-electron chi connectivity index (χ0n) is 7.50. The van der Waals surface area contributed by atoms with E-state index >= 15 is 0 Å². The molecule has 0 saturated heterocycles. The van der Waals surface area contributed by atoms with Crippen molar-refractivity contribution >= 4 is 5.91 Å². The smallest absolute Gasteiger partial charge is 0.250 e. The maximum Gasteiger partial charge on any atom is 0.250 e. The Morgan fingerprint density at radius 1 is 1.58 bits per heavy atom. The fraction of sp³-hybridized carbons (Fsp3) is 0.500. The summed E-state index contributed by atoms with van der Waals surface area (Å²) in [6, 6.07) is 0. The second-order valence-electron chi connectivity index (χ2n) is 3.63. The van der Waals surface area contributed by atoms with E-state index in [0.717, 1.165) is 18.5 Å². The molecule has 2 heteroatoms. The Balaban J connectivity index is 2.40. The summed E-state index contributed by atoms with van der Waals surface area (Å²) in [5, 5.41) is 0. The molecule has 1 aliphatic heterocycles. The Hall–Kier alpha value is -1.05. The van der Waals surface area contributed by atoms with Crippen molar-refractivity contribution in [1.29, 1.82) is 0 Å². The zero-order chi connectivity index (χ0) is 8.72. The Labute approximate surface area is 72.6 Å². The lowest BCUT2D eigenvalue weighted by Gasteiger charge is -2.28. The van der Waals surface area contributed by atoms with Crippen LogP contribution >= 0.6 is 0 Å². The Morgan fingerprint density at radius 2 is 2.33 bits per heavy atom. The van der Waals surface area contributed by atoms with Gasteiger partial charge in [0.05, 0.1) is 0 Å². The molecular formula is C10H13NO. The molecule has 64 valence electrons. The highest BCUT2D eigenvalue weighted by Crippen LogP contribution is 2.31. The summed E-state index contributed by atoms with van der Waals surface area (Å²) in [5.74, 6) is 0.731. The van der Waals surface area contributed by atoms with Crippen LogP contribution in [0.4, 0.5) is 0 Å². The van der Waals surface area contributed by atoms with Crippen molar-refractivity contribution in [2.24, 2.45) is 5.92 Å². The van der Waals surface area contributed by atoms with Gasteiger partial charge in [0.15, 0.2) is 0 Å². The molecule has 0 aromatic carbocycles. The van der Waals surface area contributed by atoms with Gasteiger partial charge in [-0.3, -0.25) is 4.79 Å². The highest BCUT2D eigenvalue weighted by atomic mass is 16.2. The van der Waals surface area contributed by atoms with Crippen LogP contribution in [0.25, 0.3) is 0 Å². The standard InChI is InChI=1S/C10H13NO/c1-7-6-11(2)10(12)9-5-3-4-8(7)9/h3-4,7H,5-6H2,1-2H3. The van der Waals surface area contributed by atoms with Crippen molar-refractivity contribution in [3.05, 3.63) is 23.3 Å². The van der Waals surface area contributed by atoms with Gasteiger partial charge in [-0.15, -0.1) is 0 Å². The number of likely N-dealkylation sites (N-methyl/N-ethyl adjacent to an activating group) is 1. The van der Waals surface area contributed by atoms with E-state index < -0.39 is 0 Å². The number of carbonyl (C=O) groups excluding carboxylic acids is 1. The van der Waals surface area contributed by atoms with E-state index in [1.54, 1.807) is 0 Å². The number of allylic oxidation sites excluding steroid dienone is 2. The average molecular weight is 163 g/mol. The largest absolute Gasteiger partial charge is 0.341 e. The Morgan fingerprint density at radius 3 is 3.08 bits per heavy atom. The molecule has 0 N–H and O–H groups in total. The van der Waals surface area contributed by atoms with Gasteiger partial charge < -0.3 is 4.90 Å². The molecule has 0 spiro atoms. The first-order valence-electron chi connectivity index (χ1n) is 4.35. The minimum absolute atomic E-state index is 0.216. The second-order valence-corrected chi connectivity index (χ2v) is 3.63. The monoisotopic (exact) mass is 163 g/mol. The quantitative estimate of drug-likeness (QED) is 0.528. The lowest BCUT2D eigenvalue weighted by molar-refractivity contribution is -0.127. The number of hydrogen-bond donors (Lipinski definition) is 0. The predicted octanol–water partition coefficient (Wildman–Crippen LogP) is 1.35. The molecule has 0 bridgehead atoms. The topological polar surface area (TPSA) is 20.3 Å². The van der Waals surface area contributed by atoms with Crippen LogP contribution in [-0.2, 0) is 4.79 Å². The lowest BCUT2D eigenvalue weighted by Crippen LogP contribution is -2.37. The van der Waals surface area contributed by atoms with Gasteiger partial charge in [0, 0.05) is 19.2 Å². The molecule has 0 radical (unpaired) electrons. The molecule has 2 aliphatic rings. The third-order valence-electron chi connectivity index (χ3n) is 2.65. The normalized spacial score (nSPS) is 28.3. The predicted molar refractivity (Wildman–Crippen MR) is 47.6 cm³/mol. The van der Waals surface area contributed by atoms with E-state index in [4.69, 9.17) is 0 Å². The van der Waals surface area contributed by atoms with Crippen molar-refractivity contribution in [3.63, 3.8) is 0 Å². The molecule has 0 aromatic rings. The molecule has 1 heterocycles. The summed E-state index contributed by atoms with van der Waals surface area (Å²) in [6.45, 7) is 3.04. The number of nitrogens with zero attached hydrogens (tertiary/aromatic N) is 1. The van der Waals surface area contributed by atoms with Gasteiger partial charge in [0.25, 0.3) is 0 Å². The van der Waals surface area contributed by atoms with E-state index in [2.05, 4.69) is 19.1 Å². The van der Waals surface area contributed by atoms with Crippen LogP contribution in [0.5, 0.6) is 0 Å². The van der Waals surface area contributed by atoms with Crippen molar-refractivity contribution in [2.45, 2.75) is 13.3 Å². The van der Waals surface area contributed by atoms with Crippen LogP contribution in [0.3, 0.4) is 0 Å². The molecule has 2 rings (SSSR count). The van der Waals surface area contributed by atoms with E-state index in [1.807, 2.05) is 11.9 Å². The van der Waals surface area contributed by atoms with Crippen LogP contribution in [0.1, 0.15) is 13.3 Å². The van der Waals surface area contributed by atoms with Gasteiger partial charge in [-0.1, -0.05) is 19.1 Å². The first kappa shape index (κ1) is 7.59. The molecule has 0 saturated carbocycles. The van der Waals surface area contributed by atoms with Crippen molar-refractivity contribution in [2.75, 3.05) is 13.6 Å². The lowest BCUT2D eigenvalue weighted by atomic mass is 9.93. The summed E-state index contributed by atoms with van der Waals surface area (Å²) in [4.78, 5) is 13.4. The molecular weight excluding hydrogens is 150 g/mol. The first-order chi connectivity index (χ1) is 5.70. The SMILES string of the molecule is CC1CN(C)C(=O)C2=C1C=CC2. The average Bonchev–Trinajstić information content (AvgIpc) is 2.48. The van der Waals surface area contributed by atoms with Gasteiger partial charge in [-0.2, -0.15) is 0 Å². The molecule has 1 aliphatic carbocycles. The van der Waals surface area contributed by atoms with Crippen molar-refractivity contribution in [3.8, 4) is 0 Å². The molecule has 1 amide bonds. The highest BCUT2D eigenvalue weighted by molar-refractivity contribution is 5.96. The number of rotatable bonds is 0. The third-order valence-corrected chi connectivity index (χ3v) is 2.65. The van der Waals surface area contributed by atoms with E-state index in [9.17, 15) is 4.79 Å². The van der Waals surface area contributed by atoms with E-state index in [0.29, 0.717) is 5.92 Å². The van der Waals surface area contributed by atoms with Crippen LogP contribution < -0.4 is 0 Å². The zero-order valence-corrected chi connectivity index (χ0v) is 7.50. The third kappa shape index (κ3) is 0.909. The minimum Gasteiger partial charge on any atom is -0.341 e.